The molecule has 0 aliphatic carbocycles. The van der Waals surface area contributed by atoms with Crippen molar-refractivity contribution < 1.29 is 0 Å². The number of fused-ring (bicyclic) bond motifs is 1. The first kappa shape index (κ1) is 14.4. The van der Waals surface area contributed by atoms with E-state index in [0.717, 1.165) is 37.1 Å². The number of benzene rings is 1. The predicted molar refractivity (Wildman–Crippen MR) is 90.5 cm³/mol. The molecule has 22 heavy (non-hydrogen) atoms. The predicted octanol–water partition coefficient (Wildman–Crippen LogP) is 2.99. The molecule has 0 unspecified atom stereocenters. The molecule has 0 aliphatic heterocycles. The fourth-order valence-corrected chi connectivity index (χ4v) is 2.69. The van der Waals surface area contributed by atoms with Gasteiger partial charge in [0.25, 0.3) is 0 Å². The average Bonchev–Trinajstić information content (AvgIpc) is 2.90. The van der Waals surface area contributed by atoms with Gasteiger partial charge >= 0.3 is 0 Å². The van der Waals surface area contributed by atoms with E-state index in [0.29, 0.717) is 17.0 Å². The Balaban J connectivity index is 2.13. The van der Waals surface area contributed by atoms with Crippen LogP contribution in [0.1, 0.15) is 31.2 Å². The van der Waals surface area contributed by atoms with Gasteiger partial charge in [-0.2, -0.15) is 0 Å². The summed E-state index contributed by atoms with van der Waals surface area (Å²) in [4.78, 5) is 8.83. The number of hydrogen-bond acceptors (Lipinski definition) is 4. The highest BCUT2D eigenvalue weighted by molar-refractivity contribution is 5.93. The lowest BCUT2D eigenvalue weighted by Gasteiger charge is -2.10. The number of imidazole rings is 1. The molecule has 3 aromatic rings. The number of aromatic nitrogens is 3. The molecule has 0 aliphatic rings. The van der Waals surface area contributed by atoms with E-state index < -0.39 is 0 Å². The van der Waals surface area contributed by atoms with Gasteiger partial charge in [-0.1, -0.05) is 43.7 Å². The van der Waals surface area contributed by atoms with Crippen LogP contribution in [-0.4, -0.2) is 14.5 Å². The van der Waals surface area contributed by atoms with Gasteiger partial charge in [-0.25, -0.2) is 9.97 Å². The van der Waals surface area contributed by atoms with Crippen molar-refractivity contribution in [2.75, 3.05) is 11.5 Å². The van der Waals surface area contributed by atoms with Crippen LogP contribution in [0, 0.1) is 0 Å². The largest absolute Gasteiger partial charge is 0.396 e. The Morgan fingerprint density at radius 3 is 2.64 bits per heavy atom. The van der Waals surface area contributed by atoms with Gasteiger partial charge in [0.1, 0.15) is 11.3 Å². The summed E-state index contributed by atoms with van der Waals surface area (Å²) in [6.07, 6.45) is 4.74. The quantitative estimate of drug-likeness (QED) is 0.758. The molecule has 0 saturated carbocycles. The molecule has 0 spiro atoms. The molecule has 114 valence electrons. The monoisotopic (exact) mass is 295 g/mol. The second-order valence-corrected chi connectivity index (χ2v) is 5.50. The Morgan fingerprint density at radius 2 is 1.91 bits per heavy atom. The lowest BCUT2D eigenvalue weighted by molar-refractivity contribution is 0.690. The Kier molecular flexibility index (Phi) is 3.96. The summed E-state index contributed by atoms with van der Waals surface area (Å²) in [5, 5.41) is 0. The number of rotatable bonds is 5. The Morgan fingerprint density at radius 1 is 1.14 bits per heavy atom. The van der Waals surface area contributed by atoms with Gasteiger partial charge < -0.3 is 16.0 Å². The first-order valence-electron chi connectivity index (χ1n) is 7.63. The third-order valence-corrected chi connectivity index (χ3v) is 3.84. The fraction of sp³-hybridized carbons (Fsp3) is 0.294. The first-order chi connectivity index (χ1) is 10.7. The molecule has 1 aromatic carbocycles. The van der Waals surface area contributed by atoms with Crippen LogP contribution in [0.2, 0.25) is 0 Å². The van der Waals surface area contributed by atoms with Gasteiger partial charge in [0, 0.05) is 13.0 Å². The second kappa shape index (κ2) is 6.05. The lowest BCUT2D eigenvalue weighted by Crippen LogP contribution is -2.07. The van der Waals surface area contributed by atoms with Crippen LogP contribution in [0.15, 0.2) is 36.5 Å². The normalized spacial score (nSPS) is 11.1. The van der Waals surface area contributed by atoms with E-state index in [1.165, 1.54) is 5.56 Å². The van der Waals surface area contributed by atoms with Crippen LogP contribution in [0.3, 0.4) is 0 Å². The molecule has 4 N–H and O–H groups in total. The van der Waals surface area contributed by atoms with Crippen molar-refractivity contribution in [2.24, 2.45) is 0 Å². The van der Waals surface area contributed by atoms with E-state index in [-0.39, 0.29) is 0 Å². The summed E-state index contributed by atoms with van der Waals surface area (Å²) in [7, 11) is 0. The third kappa shape index (κ3) is 2.62. The molecule has 0 bridgehead atoms. The van der Waals surface area contributed by atoms with Crippen LogP contribution in [0.5, 0.6) is 0 Å². The molecule has 0 radical (unpaired) electrons. The van der Waals surface area contributed by atoms with Crippen LogP contribution < -0.4 is 11.5 Å². The van der Waals surface area contributed by atoms with Gasteiger partial charge in [0.2, 0.25) is 0 Å². The smallest absolute Gasteiger partial charge is 0.151 e. The third-order valence-electron chi connectivity index (χ3n) is 3.84. The van der Waals surface area contributed by atoms with E-state index in [1.807, 2.05) is 18.2 Å². The molecule has 0 atom stereocenters. The molecule has 3 rings (SSSR count). The molecule has 2 aromatic heterocycles. The lowest BCUT2D eigenvalue weighted by atomic mass is 10.2. The Bertz CT molecular complexity index is 777. The van der Waals surface area contributed by atoms with Gasteiger partial charge in [0.15, 0.2) is 5.82 Å². The average molecular weight is 295 g/mol. The molecular weight excluding hydrogens is 274 g/mol. The van der Waals surface area contributed by atoms with E-state index >= 15 is 0 Å². The maximum atomic E-state index is 6.14. The standard InChI is InChI=1S/C17H21N5/c1-2-3-9-14-21-15-16(13(18)10-20-17(15)19)22(14)11-12-7-5-4-6-8-12/h4-8,10H,2-3,9,11,18H2,1H3,(H2,19,20). The van der Waals surface area contributed by atoms with Crippen molar-refractivity contribution in [1.29, 1.82) is 0 Å². The molecule has 5 heteroatoms. The second-order valence-electron chi connectivity index (χ2n) is 5.50. The Labute approximate surface area is 130 Å². The summed E-state index contributed by atoms with van der Waals surface area (Å²) in [6.45, 7) is 2.92. The highest BCUT2D eigenvalue weighted by Gasteiger charge is 2.16. The minimum Gasteiger partial charge on any atom is -0.396 e. The number of aryl methyl sites for hydroxylation is 1. The summed E-state index contributed by atoms with van der Waals surface area (Å²) >= 11 is 0. The molecule has 0 amide bonds. The van der Waals surface area contributed by atoms with Crippen molar-refractivity contribution in [1.82, 2.24) is 14.5 Å². The van der Waals surface area contributed by atoms with Crippen molar-refractivity contribution in [3.8, 4) is 0 Å². The van der Waals surface area contributed by atoms with Crippen LogP contribution >= 0.6 is 0 Å². The summed E-state index contributed by atoms with van der Waals surface area (Å²) in [5.41, 5.74) is 15.6. The van der Waals surface area contributed by atoms with Crippen molar-refractivity contribution in [2.45, 2.75) is 32.7 Å². The summed E-state index contributed by atoms with van der Waals surface area (Å²) in [5.74, 6) is 1.46. The summed E-state index contributed by atoms with van der Waals surface area (Å²) in [6, 6.07) is 10.3. The number of nitrogens with zero attached hydrogens (tertiary/aromatic N) is 3. The van der Waals surface area contributed by atoms with Crippen molar-refractivity contribution in [3.63, 3.8) is 0 Å². The molecule has 0 saturated heterocycles. The van der Waals surface area contributed by atoms with Gasteiger partial charge in [-0.15, -0.1) is 0 Å². The topological polar surface area (TPSA) is 82.8 Å². The van der Waals surface area contributed by atoms with E-state index in [9.17, 15) is 0 Å². The zero-order valence-electron chi connectivity index (χ0n) is 12.8. The molecular formula is C17H21N5. The van der Waals surface area contributed by atoms with Crippen molar-refractivity contribution >= 4 is 22.5 Å². The first-order valence-corrected chi connectivity index (χ1v) is 7.63. The maximum Gasteiger partial charge on any atom is 0.151 e. The highest BCUT2D eigenvalue weighted by Crippen LogP contribution is 2.27. The highest BCUT2D eigenvalue weighted by atomic mass is 15.1. The maximum absolute atomic E-state index is 6.14. The molecule has 2 heterocycles. The number of nitrogen functional groups attached to an aromatic ring is 2. The van der Waals surface area contributed by atoms with Crippen LogP contribution in [0.4, 0.5) is 11.5 Å². The van der Waals surface area contributed by atoms with Crippen molar-refractivity contribution in [3.05, 3.63) is 47.9 Å². The van der Waals surface area contributed by atoms with E-state index in [4.69, 9.17) is 16.5 Å². The van der Waals surface area contributed by atoms with E-state index in [1.54, 1.807) is 6.20 Å². The van der Waals surface area contributed by atoms with E-state index in [2.05, 4.69) is 28.6 Å². The molecule has 5 nitrogen and oxygen atoms in total. The number of pyridine rings is 1. The summed E-state index contributed by atoms with van der Waals surface area (Å²) < 4.78 is 2.17. The Hall–Kier alpha value is -2.56. The SMILES string of the molecule is CCCCc1nc2c(N)ncc(N)c2n1Cc1ccccc1. The van der Waals surface area contributed by atoms with Crippen LogP contribution in [0.25, 0.3) is 11.0 Å². The van der Waals surface area contributed by atoms with Gasteiger partial charge in [-0.3, -0.25) is 0 Å². The minimum atomic E-state index is 0.439. The number of anilines is 2. The van der Waals surface area contributed by atoms with Crippen LogP contribution in [-0.2, 0) is 13.0 Å². The van der Waals surface area contributed by atoms with Gasteiger partial charge in [-0.05, 0) is 12.0 Å². The minimum absolute atomic E-state index is 0.439. The molecule has 0 fully saturated rings. The fourth-order valence-electron chi connectivity index (χ4n) is 2.69. The number of unbranched alkanes of at least 4 members (excludes halogenated alkanes) is 1. The number of nitrogens with two attached hydrogens (primary N) is 2. The zero-order chi connectivity index (χ0) is 15.5. The number of hydrogen-bond donors (Lipinski definition) is 2. The zero-order valence-corrected chi connectivity index (χ0v) is 12.8. The van der Waals surface area contributed by atoms with Gasteiger partial charge in [0.05, 0.1) is 17.4 Å².